The zero-order valence-electron chi connectivity index (χ0n) is 10.7. The normalized spacial score (nSPS) is 15.3. The summed E-state index contributed by atoms with van der Waals surface area (Å²) in [5.74, 6) is 0.622. The van der Waals surface area contributed by atoms with E-state index in [4.69, 9.17) is 5.73 Å². The largest absolute Gasteiger partial charge is 0.396 e. The van der Waals surface area contributed by atoms with Crippen LogP contribution in [0.4, 0.5) is 5.69 Å². The summed E-state index contributed by atoms with van der Waals surface area (Å²) in [6.07, 6.45) is 4.13. The van der Waals surface area contributed by atoms with E-state index in [1.807, 2.05) is 18.7 Å². The van der Waals surface area contributed by atoms with E-state index in [1.54, 1.807) is 17.9 Å². The van der Waals surface area contributed by atoms with Gasteiger partial charge in [0.1, 0.15) is 0 Å². The van der Waals surface area contributed by atoms with Crippen LogP contribution in [0.1, 0.15) is 37.2 Å². The summed E-state index contributed by atoms with van der Waals surface area (Å²) < 4.78 is 1.58. The minimum Gasteiger partial charge on any atom is -0.396 e. The summed E-state index contributed by atoms with van der Waals surface area (Å²) in [6.45, 7) is 4.88. The third-order valence-corrected chi connectivity index (χ3v) is 3.10. The van der Waals surface area contributed by atoms with Crippen molar-refractivity contribution in [2.24, 2.45) is 13.0 Å². The molecule has 0 aliphatic heterocycles. The Balaban J connectivity index is 2.17. The fourth-order valence-corrected chi connectivity index (χ4v) is 1.92. The molecular weight excluding hydrogens is 216 g/mol. The second kappa shape index (κ2) is 4.39. The van der Waals surface area contributed by atoms with Crippen LogP contribution < -0.4 is 5.73 Å². The van der Waals surface area contributed by atoms with Crippen molar-refractivity contribution in [3.05, 3.63) is 11.9 Å². The molecule has 2 rings (SSSR count). The zero-order chi connectivity index (χ0) is 12.6. The molecule has 2 N–H and O–H groups in total. The van der Waals surface area contributed by atoms with Crippen LogP contribution in [0.3, 0.4) is 0 Å². The van der Waals surface area contributed by atoms with E-state index in [0.717, 1.165) is 6.54 Å². The van der Waals surface area contributed by atoms with Crippen molar-refractivity contribution in [1.29, 1.82) is 0 Å². The number of hydrogen-bond donors (Lipinski definition) is 1. The number of amides is 1. The molecule has 5 nitrogen and oxygen atoms in total. The third-order valence-electron chi connectivity index (χ3n) is 3.10. The SMILES string of the molecule is CC(C)N(CC1CC1)C(=O)c1nn(C)cc1N. The highest BCUT2D eigenvalue weighted by atomic mass is 16.2. The number of aryl methyl sites for hydroxylation is 1. The molecule has 94 valence electrons. The second-order valence-electron chi connectivity index (χ2n) is 5.10. The monoisotopic (exact) mass is 236 g/mol. The molecule has 0 bridgehead atoms. The van der Waals surface area contributed by atoms with Gasteiger partial charge in [0.25, 0.3) is 5.91 Å². The number of hydrogen-bond acceptors (Lipinski definition) is 3. The third kappa shape index (κ3) is 2.60. The Hall–Kier alpha value is -1.52. The van der Waals surface area contributed by atoms with Gasteiger partial charge in [-0.05, 0) is 32.6 Å². The van der Waals surface area contributed by atoms with Crippen LogP contribution >= 0.6 is 0 Å². The Bertz CT molecular complexity index is 420. The first-order valence-corrected chi connectivity index (χ1v) is 6.09. The van der Waals surface area contributed by atoms with Gasteiger partial charge in [-0.1, -0.05) is 0 Å². The smallest absolute Gasteiger partial charge is 0.276 e. The van der Waals surface area contributed by atoms with E-state index < -0.39 is 0 Å². The molecule has 1 aliphatic carbocycles. The topological polar surface area (TPSA) is 64.2 Å². The standard InChI is InChI=1S/C12H20N4O/c1-8(2)16(6-9-4-5-9)12(17)11-10(13)7-15(3)14-11/h7-9H,4-6,13H2,1-3H3. The Labute approximate surface area is 102 Å². The lowest BCUT2D eigenvalue weighted by molar-refractivity contribution is 0.0690. The van der Waals surface area contributed by atoms with Gasteiger partial charge >= 0.3 is 0 Å². The van der Waals surface area contributed by atoms with Gasteiger partial charge in [0, 0.05) is 25.8 Å². The first-order chi connectivity index (χ1) is 7.99. The summed E-state index contributed by atoms with van der Waals surface area (Å²) in [5, 5.41) is 4.14. The highest BCUT2D eigenvalue weighted by Gasteiger charge is 2.30. The van der Waals surface area contributed by atoms with Gasteiger partial charge in [0.15, 0.2) is 5.69 Å². The van der Waals surface area contributed by atoms with E-state index in [1.165, 1.54) is 12.8 Å². The number of aromatic nitrogens is 2. The lowest BCUT2D eigenvalue weighted by atomic mass is 10.2. The van der Waals surface area contributed by atoms with Crippen molar-refractivity contribution in [1.82, 2.24) is 14.7 Å². The lowest BCUT2D eigenvalue weighted by Gasteiger charge is -2.26. The summed E-state index contributed by atoms with van der Waals surface area (Å²) >= 11 is 0. The summed E-state index contributed by atoms with van der Waals surface area (Å²) in [5.41, 5.74) is 6.63. The maximum absolute atomic E-state index is 12.4. The molecule has 0 aromatic carbocycles. The zero-order valence-corrected chi connectivity index (χ0v) is 10.7. The van der Waals surface area contributed by atoms with E-state index in [9.17, 15) is 4.79 Å². The van der Waals surface area contributed by atoms with Crippen LogP contribution in [-0.4, -0.2) is 33.2 Å². The Morgan fingerprint density at radius 1 is 1.65 bits per heavy atom. The summed E-state index contributed by atoms with van der Waals surface area (Å²) in [4.78, 5) is 14.2. The van der Waals surface area contributed by atoms with Crippen LogP contribution in [0, 0.1) is 5.92 Å². The number of nitrogens with zero attached hydrogens (tertiary/aromatic N) is 3. The van der Waals surface area contributed by atoms with E-state index in [2.05, 4.69) is 5.10 Å². The maximum atomic E-state index is 12.4. The van der Waals surface area contributed by atoms with Gasteiger partial charge in [0.05, 0.1) is 5.69 Å². The van der Waals surface area contributed by atoms with E-state index in [-0.39, 0.29) is 11.9 Å². The fraction of sp³-hybridized carbons (Fsp3) is 0.667. The predicted molar refractivity (Wildman–Crippen MR) is 66.5 cm³/mol. The quantitative estimate of drug-likeness (QED) is 0.856. The number of nitrogen functional groups attached to an aromatic ring is 1. The molecule has 0 radical (unpaired) electrons. The average Bonchev–Trinajstić information content (AvgIpc) is 2.99. The molecule has 1 heterocycles. The predicted octanol–water partition coefficient (Wildman–Crippen LogP) is 1.26. The Morgan fingerprint density at radius 3 is 2.71 bits per heavy atom. The minimum absolute atomic E-state index is 0.0509. The van der Waals surface area contributed by atoms with Crippen LogP contribution in [0.5, 0.6) is 0 Å². The highest BCUT2D eigenvalue weighted by Crippen LogP contribution is 2.31. The van der Waals surface area contributed by atoms with Crippen LogP contribution in [0.25, 0.3) is 0 Å². The molecule has 0 spiro atoms. The van der Waals surface area contributed by atoms with Gasteiger partial charge in [-0.2, -0.15) is 5.10 Å². The molecule has 1 aromatic rings. The Kier molecular flexibility index (Phi) is 3.09. The van der Waals surface area contributed by atoms with Crippen molar-refractivity contribution >= 4 is 11.6 Å². The lowest BCUT2D eigenvalue weighted by Crippen LogP contribution is -2.39. The number of carbonyl (C=O) groups excluding carboxylic acids is 1. The molecule has 1 aromatic heterocycles. The number of rotatable bonds is 4. The molecular formula is C12H20N4O. The molecule has 1 fully saturated rings. The summed E-state index contributed by atoms with van der Waals surface area (Å²) in [6, 6.07) is 0.185. The number of anilines is 1. The highest BCUT2D eigenvalue weighted by molar-refractivity contribution is 5.97. The molecule has 1 amide bonds. The van der Waals surface area contributed by atoms with Crippen molar-refractivity contribution in [2.45, 2.75) is 32.7 Å². The first-order valence-electron chi connectivity index (χ1n) is 6.09. The summed E-state index contributed by atoms with van der Waals surface area (Å²) in [7, 11) is 1.77. The van der Waals surface area contributed by atoms with Crippen LogP contribution in [-0.2, 0) is 7.05 Å². The van der Waals surface area contributed by atoms with Crippen LogP contribution in [0.2, 0.25) is 0 Å². The van der Waals surface area contributed by atoms with Crippen molar-refractivity contribution in [3.8, 4) is 0 Å². The molecule has 17 heavy (non-hydrogen) atoms. The molecule has 0 unspecified atom stereocenters. The minimum atomic E-state index is -0.0509. The molecule has 1 aliphatic rings. The van der Waals surface area contributed by atoms with Crippen molar-refractivity contribution in [2.75, 3.05) is 12.3 Å². The molecule has 0 atom stereocenters. The number of nitrogens with two attached hydrogens (primary N) is 1. The first kappa shape index (κ1) is 12.0. The second-order valence-corrected chi connectivity index (χ2v) is 5.10. The van der Waals surface area contributed by atoms with Gasteiger partial charge in [-0.25, -0.2) is 0 Å². The number of carbonyl (C=O) groups is 1. The van der Waals surface area contributed by atoms with Gasteiger partial charge in [0.2, 0.25) is 0 Å². The van der Waals surface area contributed by atoms with Crippen molar-refractivity contribution < 1.29 is 4.79 Å². The van der Waals surface area contributed by atoms with Crippen molar-refractivity contribution in [3.63, 3.8) is 0 Å². The van der Waals surface area contributed by atoms with E-state index >= 15 is 0 Å². The van der Waals surface area contributed by atoms with Crippen LogP contribution in [0.15, 0.2) is 6.20 Å². The average molecular weight is 236 g/mol. The molecule has 5 heteroatoms. The fourth-order valence-electron chi connectivity index (χ4n) is 1.92. The molecule has 1 saturated carbocycles. The van der Waals surface area contributed by atoms with E-state index in [0.29, 0.717) is 17.3 Å². The maximum Gasteiger partial charge on any atom is 0.276 e. The Morgan fingerprint density at radius 2 is 2.29 bits per heavy atom. The van der Waals surface area contributed by atoms with Gasteiger partial charge in [-0.15, -0.1) is 0 Å². The molecule has 0 saturated heterocycles. The van der Waals surface area contributed by atoms with Gasteiger partial charge in [-0.3, -0.25) is 9.48 Å². The van der Waals surface area contributed by atoms with Gasteiger partial charge < -0.3 is 10.6 Å².